The Balaban J connectivity index is 0.677. The van der Waals surface area contributed by atoms with Gasteiger partial charge in [0.05, 0.1) is 62.0 Å². The van der Waals surface area contributed by atoms with Crippen LogP contribution in [-0.2, 0) is 54.2 Å². The second kappa shape index (κ2) is 29.4. The van der Waals surface area contributed by atoms with Crippen molar-refractivity contribution in [3.63, 3.8) is 0 Å². The second-order valence-corrected chi connectivity index (χ2v) is 29.3. The third-order valence-corrected chi connectivity index (χ3v) is 23.3. The summed E-state index contributed by atoms with van der Waals surface area (Å²) >= 11 is 0. The van der Waals surface area contributed by atoms with E-state index >= 15 is 0 Å². The monoisotopic (exact) mass is 1280 g/mol. The van der Waals surface area contributed by atoms with Crippen molar-refractivity contribution in [2.24, 2.45) is 52.8 Å². The summed E-state index contributed by atoms with van der Waals surface area (Å²) in [5, 5.41) is 6.33. The van der Waals surface area contributed by atoms with Crippen LogP contribution in [0.5, 0.6) is 0 Å². The van der Waals surface area contributed by atoms with E-state index in [1.165, 1.54) is 41.7 Å². The summed E-state index contributed by atoms with van der Waals surface area (Å²) in [6, 6.07) is 32.1. The van der Waals surface area contributed by atoms with Crippen LogP contribution in [0.3, 0.4) is 0 Å². The van der Waals surface area contributed by atoms with Crippen molar-refractivity contribution in [1.29, 1.82) is 0 Å². The smallest absolute Gasteiger partial charge is 0.410 e. The maximum atomic E-state index is 14.9. The number of likely N-dealkylation sites (tertiary alicyclic amines) is 1. The van der Waals surface area contributed by atoms with E-state index in [0.29, 0.717) is 32.6 Å². The summed E-state index contributed by atoms with van der Waals surface area (Å²) in [4.78, 5) is 77.5. The SMILES string of the molecule is CC[C@H](C)[C@@H]([C@@H](CC(=O)N1CCC[C@H]1[C@H](OC)[C@@H](C)C(=O)N[C@H](C)[C@@H](OC1CCCC(COCc2ccc([C@H]3CC4CC[C@@]45CC4C3C45)cc2)O1)c1ccccc1)OC)N(C)C(=O)[C@@H](NC(=O)[C@H](C(C)C)N(C)C(=O)OCC1c2ccccc2-c2ccccc21)C(C)C. The van der Waals surface area contributed by atoms with Gasteiger partial charge in [-0.05, 0) is 156 Å². The molecule has 11 rings (SSSR count). The summed E-state index contributed by atoms with van der Waals surface area (Å²) in [6.07, 6.45) is 7.22. The molecule has 93 heavy (non-hydrogen) atoms. The largest absolute Gasteiger partial charge is 0.448 e. The van der Waals surface area contributed by atoms with Gasteiger partial charge in [0.25, 0.3) is 0 Å². The number of rotatable bonds is 29. The van der Waals surface area contributed by atoms with Crippen LogP contribution in [0.1, 0.15) is 172 Å². The van der Waals surface area contributed by atoms with Crippen molar-refractivity contribution in [2.75, 3.05) is 48.1 Å². The van der Waals surface area contributed by atoms with E-state index < -0.39 is 72.7 Å². The average molecular weight is 1280 g/mol. The van der Waals surface area contributed by atoms with Gasteiger partial charge in [0.15, 0.2) is 6.29 Å². The van der Waals surface area contributed by atoms with Gasteiger partial charge in [-0.25, -0.2) is 4.79 Å². The highest BCUT2D eigenvalue weighted by Crippen LogP contribution is 2.86. The third-order valence-electron chi connectivity index (χ3n) is 23.3. The highest BCUT2D eigenvalue weighted by atomic mass is 16.7. The highest BCUT2D eigenvalue weighted by molar-refractivity contribution is 5.92. The Bertz CT molecular complexity index is 3180. The molecule has 7 aliphatic rings. The molecule has 4 aromatic rings. The minimum Gasteiger partial charge on any atom is -0.448 e. The maximum absolute atomic E-state index is 14.9. The lowest BCUT2D eigenvalue weighted by Gasteiger charge is -2.58. The fourth-order valence-electron chi connectivity index (χ4n) is 18.0. The number of nitrogens with zero attached hydrogens (tertiary/aromatic N) is 3. The van der Waals surface area contributed by atoms with Crippen LogP contribution in [0.15, 0.2) is 103 Å². The number of likely N-dealkylation sites (N-methyl/N-ethyl adjacent to an activating group) is 2. The molecular weight excluding hydrogens is 1170 g/mol. The molecule has 4 aromatic carbocycles. The molecule has 0 radical (unpaired) electrons. The zero-order valence-electron chi connectivity index (χ0n) is 57.3. The number of fused-ring (bicyclic) bond motifs is 4. The van der Waals surface area contributed by atoms with E-state index in [1.807, 2.05) is 115 Å². The van der Waals surface area contributed by atoms with Gasteiger partial charge in [-0.3, -0.25) is 24.1 Å². The van der Waals surface area contributed by atoms with Gasteiger partial charge >= 0.3 is 6.09 Å². The number of benzene rings is 4. The lowest BCUT2D eigenvalue weighted by Crippen LogP contribution is -2.60. The van der Waals surface area contributed by atoms with E-state index in [2.05, 4.69) is 59.2 Å². The van der Waals surface area contributed by atoms with Crippen molar-refractivity contribution in [3.05, 3.63) is 131 Å². The van der Waals surface area contributed by atoms with Gasteiger partial charge in [0, 0.05) is 40.8 Å². The van der Waals surface area contributed by atoms with Crippen molar-refractivity contribution in [3.8, 4) is 11.1 Å². The summed E-state index contributed by atoms with van der Waals surface area (Å²) in [5.74, 6) is 1.87. The fourth-order valence-corrected chi connectivity index (χ4v) is 18.0. The van der Waals surface area contributed by atoms with E-state index in [-0.39, 0.29) is 60.5 Å². The summed E-state index contributed by atoms with van der Waals surface area (Å²) in [5.41, 5.74) is 8.79. The Morgan fingerprint density at radius 2 is 1.43 bits per heavy atom. The zero-order chi connectivity index (χ0) is 66.0. The molecule has 6 fully saturated rings. The number of methoxy groups -OCH3 is 2. The molecule has 2 saturated heterocycles. The minimum absolute atomic E-state index is 0.0330. The maximum Gasteiger partial charge on any atom is 0.410 e. The Labute approximate surface area is 553 Å². The minimum atomic E-state index is -0.969. The van der Waals surface area contributed by atoms with Gasteiger partial charge in [-0.1, -0.05) is 158 Å². The van der Waals surface area contributed by atoms with Crippen LogP contribution in [0.25, 0.3) is 11.1 Å². The first kappa shape index (κ1) is 68.2. The molecule has 5 aliphatic carbocycles. The summed E-state index contributed by atoms with van der Waals surface area (Å²) in [6.45, 7) is 16.9. The van der Waals surface area contributed by atoms with E-state index in [1.54, 1.807) is 33.2 Å². The van der Waals surface area contributed by atoms with Crippen LogP contribution in [0.2, 0.25) is 0 Å². The van der Waals surface area contributed by atoms with Crippen molar-refractivity contribution in [2.45, 2.75) is 205 Å². The number of hydrogen-bond acceptors (Lipinski definition) is 11. The van der Waals surface area contributed by atoms with Crippen LogP contribution < -0.4 is 10.6 Å². The van der Waals surface area contributed by atoms with Gasteiger partial charge in [0.2, 0.25) is 23.6 Å². The lowest BCUT2D eigenvalue weighted by atomic mass is 9.47. The predicted octanol–water partition coefficient (Wildman–Crippen LogP) is 12.5. The Hall–Kier alpha value is -6.17. The van der Waals surface area contributed by atoms with Gasteiger partial charge in [0.1, 0.15) is 24.8 Å². The quantitative estimate of drug-likeness (QED) is 0.0529. The predicted molar refractivity (Wildman–Crippen MR) is 358 cm³/mol. The first-order chi connectivity index (χ1) is 44.8. The molecule has 0 aromatic heterocycles. The highest BCUT2D eigenvalue weighted by Gasteiger charge is 2.79. The van der Waals surface area contributed by atoms with E-state index in [9.17, 15) is 24.0 Å². The van der Waals surface area contributed by atoms with Gasteiger partial charge in [-0.2, -0.15) is 0 Å². The Kier molecular flexibility index (Phi) is 21.6. The van der Waals surface area contributed by atoms with E-state index in [0.717, 1.165) is 88.5 Å². The number of carbonyl (C=O) groups is 5. The van der Waals surface area contributed by atoms with Crippen molar-refractivity contribution in [1.82, 2.24) is 25.3 Å². The number of carbonyl (C=O) groups excluding carboxylic acids is 5. The second-order valence-electron chi connectivity index (χ2n) is 29.3. The van der Waals surface area contributed by atoms with Crippen LogP contribution in [0, 0.1) is 52.8 Å². The molecule has 18 atom stereocenters. The molecule has 4 saturated carbocycles. The van der Waals surface area contributed by atoms with Crippen molar-refractivity contribution >= 4 is 29.7 Å². The molecule has 0 bridgehead atoms. The number of hydrogen-bond donors (Lipinski definition) is 2. The fraction of sp³-hybridized carbons (Fsp3) is 0.623. The topological polar surface area (TPSA) is 175 Å². The molecule has 2 aliphatic heterocycles. The first-order valence-electron chi connectivity index (χ1n) is 35.1. The molecule has 16 nitrogen and oxygen atoms in total. The van der Waals surface area contributed by atoms with Crippen molar-refractivity contribution < 1.29 is 52.4 Å². The molecular formula is C77H105N5O11. The number of nitrogens with one attached hydrogen (secondary N) is 2. The zero-order valence-corrected chi connectivity index (χ0v) is 57.3. The standard InChI is InChI=1S/C77H105N5O11/c1-13-47(6)70(80(9)75(86)68(45(2)3)79-74(85)69(46(4)5)81(10)76(87)91-44-61-57-28-19-17-26-55(57)56-27-18-20-29-58(56)61)63(88-11)40-64(83)82-38-22-30-62(82)71(89-12)48(7)73(84)78-49(8)72(52-23-15-14-16-24-52)93-65-31-21-25-54(92-65)43-90-42-50-32-34-51(35-33-50)59-39-53-36-37-77(53)41-60-66(59)67(60)77/h14-20,23-24,26-29,32-35,45-49,53-54,59-63,65-72H,13,21-22,25,30-31,36-44H2,1-12H3,(H,78,84)(H,79,85)/t47-,48+,49+,53?,54?,59+,60?,62-,63+,65?,66?,67?,68-,69-,70-,71+,72+,77+/m0/s1. The number of ether oxygens (including phenoxy) is 6. The van der Waals surface area contributed by atoms with Crippen LogP contribution >= 0.6 is 0 Å². The number of amides is 5. The van der Waals surface area contributed by atoms with E-state index in [4.69, 9.17) is 28.4 Å². The molecule has 2 N–H and O–H groups in total. The molecule has 504 valence electrons. The molecule has 6 unspecified atom stereocenters. The Morgan fingerprint density at radius 3 is 2.06 bits per heavy atom. The third kappa shape index (κ3) is 14.0. The van der Waals surface area contributed by atoms with Gasteiger partial charge < -0.3 is 48.9 Å². The van der Waals surface area contributed by atoms with Crippen LogP contribution in [0.4, 0.5) is 4.79 Å². The Morgan fingerprint density at radius 1 is 0.742 bits per heavy atom. The first-order valence-corrected chi connectivity index (χ1v) is 35.1. The summed E-state index contributed by atoms with van der Waals surface area (Å²) in [7, 11) is 6.44. The lowest BCUT2D eigenvalue weighted by molar-refractivity contribution is -0.229. The molecule has 5 amide bonds. The average Bonchev–Trinajstić information content (AvgIpc) is 1.47. The normalized spacial score (nSPS) is 27.1. The molecule has 16 heteroatoms. The molecule has 2 heterocycles. The molecule has 1 spiro atoms. The van der Waals surface area contributed by atoms with Gasteiger partial charge in [-0.15, -0.1) is 0 Å². The summed E-state index contributed by atoms with van der Waals surface area (Å²) < 4.78 is 38.2. The van der Waals surface area contributed by atoms with Crippen LogP contribution in [-0.4, -0.2) is 147 Å².